The van der Waals surface area contributed by atoms with Crippen LogP contribution in [0.1, 0.15) is 6.92 Å². The molecule has 0 bridgehead atoms. The lowest BCUT2D eigenvalue weighted by molar-refractivity contribution is -0.123. The molecule has 1 unspecified atom stereocenters. The van der Waals surface area contributed by atoms with Crippen LogP contribution in [0.15, 0.2) is 0 Å². The Morgan fingerprint density at radius 1 is 1.71 bits per heavy atom. The summed E-state index contributed by atoms with van der Waals surface area (Å²) >= 11 is 4.69. The molecule has 1 amide bonds. The second kappa shape index (κ2) is 4.68. The van der Waals surface area contributed by atoms with Gasteiger partial charge in [0.15, 0.2) is 0 Å². The Bertz CT molecular complexity index is 247. The van der Waals surface area contributed by atoms with Crippen LogP contribution in [-0.2, 0) is 9.53 Å². The first-order valence-electron chi connectivity index (χ1n) is 4.38. The van der Waals surface area contributed by atoms with Crippen LogP contribution in [0.5, 0.6) is 0 Å². The van der Waals surface area contributed by atoms with E-state index in [1.165, 1.54) is 0 Å². The van der Waals surface area contributed by atoms with Crippen molar-refractivity contribution in [3.63, 3.8) is 0 Å². The molecule has 0 aromatic carbocycles. The Labute approximate surface area is 87.6 Å². The average molecular weight is 218 g/mol. The number of nitrogens with one attached hydrogen (secondary N) is 1. The minimum atomic E-state index is -0.641. The number of amides is 1. The van der Waals surface area contributed by atoms with Gasteiger partial charge in [-0.1, -0.05) is 12.2 Å². The van der Waals surface area contributed by atoms with Crippen LogP contribution in [0, 0.1) is 5.92 Å². The molecule has 1 rings (SSSR count). The molecule has 1 fully saturated rings. The molecule has 1 aliphatic heterocycles. The minimum Gasteiger partial charge on any atom is -0.393 e. The van der Waals surface area contributed by atoms with E-state index >= 15 is 0 Å². The molecule has 3 atom stereocenters. The molecule has 1 heterocycles. The molecular formula is C8H14N2O3S. The Kier molecular flexibility index (Phi) is 3.79. The molecule has 0 spiro atoms. The van der Waals surface area contributed by atoms with Gasteiger partial charge >= 0.3 is 0 Å². The Morgan fingerprint density at radius 2 is 2.36 bits per heavy atom. The van der Waals surface area contributed by atoms with E-state index in [1.807, 2.05) is 0 Å². The topological polar surface area (TPSA) is 84.6 Å². The summed E-state index contributed by atoms with van der Waals surface area (Å²) < 4.78 is 4.98. The maximum Gasteiger partial charge on any atom is 0.230 e. The molecule has 1 aliphatic rings. The SMILES string of the molecule is CC(C(=O)N[C@@H]1COC[C@H]1O)C(N)=S. The van der Waals surface area contributed by atoms with Crippen molar-refractivity contribution < 1.29 is 14.6 Å². The Morgan fingerprint density at radius 3 is 2.79 bits per heavy atom. The summed E-state index contributed by atoms with van der Waals surface area (Å²) in [5.41, 5.74) is 5.32. The molecule has 14 heavy (non-hydrogen) atoms. The van der Waals surface area contributed by atoms with E-state index in [1.54, 1.807) is 6.92 Å². The number of hydrogen-bond acceptors (Lipinski definition) is 4. The standard InChI is InChI=1S/C8H14N2O3S/c1-4(7(9)14)8(12)10-5-2-13-3-6(5)11/h4-6,11H,2-3H2,1H3,(H2,9,14)(H,10,12)/t4?,5-,6-/m1/s1. The number of nitrogens with two attached hydrogens (primary N) is 1. The third-order valence-electron chi connectivity index (χ3n) is 2.20. The highest BCUT2D eigenvalue weighted by Gasteiger charge is 2.29. The van der Waals surface area contributed by atoms with Gasteiger partial charge in [0.05, 0.1) is 36.3 Å². The van der Waals surface area contributed by atoms with Crippen LogP contribution in [0.2, 0.25) is 0 Å². The number of ether oxygens (including phenoxy) is 1. The van der Waals surface area contributed by atoms with Crippen LogP contribution < -0.4 is 11.1 Å². The molecule has 0 radical (unpaired) electrons. The molecular weight excluding hydrogens is 204 g/mol. The predicted octanol–water partition coefficient (Wildman–Crippen LogP) is -1.22. The number of aliphatic hydroxyl groups is 1. The highest BCUT2D eigenvalue weighted by Crippen LogP contribution is 2.06. The van der Waals surface area contributed by atoms with Gasteiger partial charge in [-0.2, -0.15) is 0 Å². The minimum absolute atomic E-state index is 0.149. The molecule has 80 valence electrons. The Balaban J connectivity index is 2.44. The van der Waals surface area contributed by atoms with Crippen molar-refractivity contribution in [3.05, 3.63) is 0 Å². The summed E-state index contributed by atoms with van der Waals surface area (Å²) in [6.45, 7) is 2.21. The van der Waals surface area contributed by atoms with Gasteiger partial charge in [-0.3, -0.25) is 4.79 Å². The van der Waals surface area contributed by atoms with Crippen LogP contribution in [0.4, 0.5) is 0 Å². The Hall–Kier alpha value is -0.720. The van der Waals surface area contributed by atoms with E-state index in [0.29, 0.717) is 6.61 Å². The molecule has 0 aromatic rings. The molecule has 5 nitrogen and oxygen atoms in total. The maximum atomic E-state index is 11.4. The number of aliphatic hydroxyl groups excluding tert-OH is 1. The van der Waals surface area contributed by atoms with Gasteiger partial charge in [-0.05, 0) is 6.92 Å². The van der Waals surface area contributed by atoms with Crippen LogP contribution >= 0.6 is 12.2 Å². The third-order valence-corrected chi connectivity index (χ3v) is 2.55. The van der Waals surface area contributed by atoms with Crippen molar-refractivity contribution in [3.8, 4) is 0 Å². The van der Waals surface area contributed by atoms with Crippen molar-refractivity contribution in [2.24, 2.45) is 11.7 Å². The summed E-state index contributed by atoms with van der Waals surface area (Å²) in [7, 11) is 0. The van der Waals surface area contributed by atoms with E-state index in [-0.39, 0.29) is 23.5 Å². The molecule has 0 aromatic heterocycles. The maximum absolute atomic E-state index is 11.4. The van der Waals surface area contributed by atoms with Crippen LogP contribution in [0.25, 0.3) is 0 Å². The second-order valence-electron chi connectivity index (χ2n) is 3.34. The fraction of sp³-hybridized carbons (Fsp3) is 0.750. The predicted molar refractivity (Wildman–Crippen MR) is 54.7 cm³/mol. The number of carbonyl (C=O) groups is 1. The van der Waals surface area contributed by atoms with Crippen molar-refractivity contribution >= 4 is 23.1 Å². The van der Waals surface area contributed by atoms with E-state index in [4.69, 9.17) is 10.5 Å². The largest absolute Gasteiger partial charge is 0.393 e. The summed E-state index contributed by atoms with van der Waals surface area (Å²) in [5.74, 6) is -0.787. The van der Waals surface area contributed by atoms with E-state index in [2.05, 4.69) is 17.5 Å². The zero-order valence-corrected chi connectivity index (χ0v) is 8.71. The van der Waals surface area contributed by atoms with Crippen molar-refractivity contribution in [1.82, 2.24) is 5.32 Å². The van der Waals surface area contributed by atoms with Gasteiger partial charge in [0.25, 0.3) is 0 Å². The fourth-order valence-electron chi connectivity index (χ4n) is 1.12. The number of hydrogen-bond donors (Lipinski definition) is 3. The van der Waals surface area contributed by atoms with E-state index < -0.39 is 12.0 Å². The first-order chi connectivity index (χ1) is 6.52. The van der Waals surface area contributed by atoms with Gasteiger partial charge < -0.3 is 20.9 Å². The third kappa shape index (κ3) is 2.63. The first-order valence-corrected chi connectivity index (χ1v) is 4.78. The number of thiocarbonyl (C=S) groups is 1. The van der Waals surface area contributed by atoms with Crippen molar-refractivity contribution in [2.75, 3.05) is 13.2 Å². The van der Waals surface area contributed by atoms with Crippen LogP contribution in [0.3, 0.4) is 0 Å². The monoisotopic (exact) mass is 218 g/mol. The zero-order valence-electron chi connectivity index (χ0n) is 7.90. The zero-order chi connectivity index (χ0) is 10.7. The van der Waals surface area contributed by atoms with E-state index in [9.17, 15) is 9.90 Å². The second-order valence-corrected chi connectivity index (χ2v) is 3.82. The molecule has 1 saturated heterocycles. The quantitative estimate of drug-likeness (QED) is 0.517. The molecule has 6 heteroatoms. The van der Waals surface area contributed by atoms with Gasteiger partial charge in [0.1, 0.15) is 0 Å². The van der Waals surface area contributed by atoms with Gasteiger partial charge in [0.2, 0.25) is 5.91 Å². The smallest absolute Gasteiger partial charge is 0.230 e. The number of carbonyl (C=O) groups excluding carboxylic acids is 1. The lowest BCUT2D eigenvalue weighted by Crippen LogP contribution is -2.46. The fourth-order valence-corrected chi connectivity index (χ4v) is 1.22. The molecule has 0 aliphatic carbocycles. The average Bonchev–Trinajstić information content (AvgIpc) is 2.50. The normalized spacial score (nSPS) is 28.4. The van der Waals surface area contributed by atoms with Gasteiger partial charge in [0, 0.05) is 0 Å². The van der Waals surface area contributed by atoms with Crippen LogP contribution in [-0.4, -0.2) is 41.4 Å². The van der Waals surface area contributed by atoms with Gasteiger partial charge in [-0.15, -0.1) is 0 Å². The summed E-state index contributed by atoms with van der Waals surface area (Å²) in [5, 5.41) is 12.0. The highest BCUT2D eigenvalue weighted by atomic mass is 32.1. The summed E-state index contributed by atoms with van der Waals surface area (Å²) in [6, 6.07) is -0.348. The summed E-state index contributed by atoms with van der Waals surface area (Å²) in [4.78, 5) is 11.6. The van der Waals surface area contributed by atoms with Gasteiger partial charge in [-0.25, -0.2) is 0 Å². The van der Waals surface area contributed by atoms with Crippen molar-refractivity contribution in [2.45, 2.75) is 19.1 Å². The lowest BCUT2D eigenvalue weighted by atomic mass is 10.1. The van der Waals surface area contributed by atoms with E-state index in [0.717, 1.165) is 0 Å². The number of rotatable bonds is 3. The first kappa shape index (κ1) is 11.4. The molecule has 4 N–H and O–H groups in total. The lowest BCUT2D eigenvalue weighted by Gasteiger charge is -2.17. The van der Waals surface area contributed by atoms with Crippen molar-refractivity contribution in [1.29, 1.82) is 0 Å². The molecule has 0 saturated carbocycles. The summed E-state index contributed by atoms with van der Waals surface area (Å²) in [6.07, 6.45) is -0.641. The highest BCUT2D eigenvalue weighted by molar-refractivity contribution is 7.80.